The van der Waals surface area contributed by atoms with E-state index in [1.807, 2.05) is 32.3 Å². The Kier molecular flexibility index (Phi) is 5.06. The van der Waals surface area contributed by atoms with Crippen LogP contribution in [0.4, 0.5) is 0 Å². The van der Waals surface area contributed by atoms with E-state index in [2.05, 4.69) is 11.8 Å². The first-order valence-electron chi connectivity index (χ1n) is 5.28. The lowest BCUT2D eigenvalue weighted by Crippen LogP contribution is -2.30. The van der Waals surface area contributed by atoms with E-state index in [0.717, 1.165) is 5.56 Å². The van der Waals surface area contributed by atoms with E-state index >= 15 is 0 Å². The number of nitrogens with zero attached hydrogens (tertiary/aromatic N) is 1. The summed E-state index contributed by atoms with van der Waals surface area (Å²) in [5.41, 5.74) is 6.88. The molecule has 0 aliphatic rings. The van der Waals surface area contributed by atoms with Gasteiger partial charge in [0, 0.05) is 6.04 Å². The fourth-order valence-corrected chi connectivity index (χ4v) is 2.27. The van der Waals surface area contributed by atoms with E-state index in [1.54, 1.807) is 0 Å². The first-order valence-corrected chi connectivity index (χ1v) is 6.04. The zero-order valence-electron chi connectivity index (χ0n) is 9.87. The summed E-state index contributed by atoms with van der Waals surface area (Å²) < 4.78 is 0. The summed E-state index contributed by atoms with van der Waals surface area (Å²) in [6.45, 7) is 2.77. The van der Waals surface area contributed by atoms with Crippen LogP contribution in [0.25, 0.3) is 0 Å². The maximum absolute atomic E-state index is 6.03. The highest BCUT2D eigenvalue weighted by Gasteiger charge is 2.20. The Morgan fingerprint density at radius 2 is 1.88 bits per heavy atom. The normalized spacial score (nSPS) is 15.2. The maximum atomic E-state index is 6.03. The van der Waals surface area contributed by atoms with Crippen molar-refractivity contribution in [1.29, 1.82) is 0 Å². The lowest BCUT2D eigenvalue weighted by atomic mass is 9.94. The summed E-state index contributed by atoms with van der Waals surface area (Å²) >= 11 is 11.9. The molecule has 16 heavy (non-hydrogen) atoms. The van der Waals surface area contributed by atoms with Gasteiger partial charge in [-0.3, -0.25) is 0 Å². The van der Waals surface area contributed by atoms with Crippen molar-refractivity contribution in [1.82, 2.24) is 4.90 Å². The van der Waals surface area contributed by atoms with Gasteiger partial charge < -0.3 is 10.6 Å². The minimum absolute atomic E-state index is 0.264. The van der Waals surface area contributed by atoms with Gasteiger partial charge >= 0.3 is 0 Å². The molecular formula is C12H18Cl2N2. The summed E-state index contributed by atoms with van der Waals surface area (Å²) in [7, 11) is 4.08. The fourth-order valence-electron chi connectivity index (χ4n) is 1.96. The van der Waals surface area contributed by atoms with Gasteiger partial charge in [-0.25, -0.2) is 0 Å². The maximum Gasteiger partial charge on any atom is 0.0595 e. The molecule has 0 saturated heterocycles. The number of halogens is 2. The van der Waals surface area contributed by atoms with Crippen molar-refractivity contribution < 1.29 is 0 Å². The smallest absolute Gasteiger partial charge is 0.0595 e. The van der Waals surface area contributed by atoms with Crippen LogP contribution in [0.1, 0.15) is 18.5 Å². The molecule has 90 valence electrons. The molecular weight excluding hydrogens is 243 g/mol. The Hall–Kier alpha value is -0.280. The summed E-state index contributed by atoms with van der Waals surface area (Å²) in [6, 6.07) is 6.02. The van der Waals surface area contributed by atoms with E-state index in [-0.39, 0.29) is 6.04 Å². The standard InChI is InChI=1S/C12H18Cl2N2/c1-8(7-15)12(16(2)3)9-4-5-10(13)11(14)6-9/h4-6,8,12H,7,15H2,1-3H3. The zero-order valence-corrected chi connectivity index (χ0v) is 11.4. The number of nitrogens with two attached hydrogens (primary N) is 1. The number of benzene rings is 1. The van der Waals surface area contributed by atoms with E-state index in [4.69, 9.17) is 28.9 Å². The van der Waals surface area contributed by atoms with Crippen LogP contribution in [0, 0.1) is 5.92 Å². The molecule has 2 unspecified atom stereocenters. The molecule has 2 nitrogen and oxygen atoms in total. The van der Waals surface area contributed by atoms with E-state index in [0.29, 0.717) is 22.5 Å². The molecule has 1 rings (SSSR count). The monoisotopic (exact) mass is 260 g/mol. The number of hydrogen-bond acceptors (Lipinski definition) is 2. The second-order valence-corrected chi connectivity index (χ2v) is 5.11. The van der Waals surface area contributed by atoms with Gasteiger partial charge in [0.05, 0.1) is 10.0 Å². The Morgan fingerprint density at radius 1 is 1.25 bits per heavy atom. The van der Waals surface area contributed by atoms with Crippen LogP contribution in [-0.4, -0.2) is 25.5 Å². The molecule has 0 fully saturated rings. The van der Waals surface area contributed by atoms with Crippen molar-refractivity contribution in [3.05, 3.63) is 33.8 Å². The molecule has 2 N–H and O–H groups in total. The highest BCUT2D eigenvalue weighted by atomic mass is 35.5. The third-order valence-corrected chi connectivity index (χ3v) is 3.49. The fraction of sp³-hybridized carbons (Fsp3) is 0.500. The Balaban J connectivity index is 3.06. The summed E-state index contributed by atoms with van der Waals surface area (Å²) in [6.07, 6.45) is 0. The van der Waals surface area contributed by atoms with Crippen molar-refractivity contribution in [3.63, 3.8) is 0 Å². The van der Waals surface area contributed by atoms with Crippen molar-refractivity contribution in [2.75, 3.05) is 20.6 Å². The molecule has 0 aliphatic carbocycles. The van der Waals surface area contributed by atoms with E-state index < -0.39 is 0 Å². The average molecular weight is 261 g/mol. The predicted molar refractivity (Wildman–Crippen MR) is 71.1 cm³/mol. The van der Waals surface area contributed by atoms with Gasteiger partial charge in [0.25, 0.3) is 0 Å². The van der Waals surface area contributed by atoms with E-state index in [1.165, 1.54) is 0 Å². The quantitative estimate of drug-likeness (QED) is 0.901. The molecule has 0 aromatic heterocycles. The Morgan fingerprint density at radius 3 is 2.31 bits per heavy atom. The lowest BCUT2D eigenvalue weighted by Gasteiger charge is -2.30. The van der Waals surface area contributed by atoms with Gasteiger partial charge in [-0.15, -0.1) is 0 Å². The first kappa shape index (κ1) is 13.8. The van der Waals surface area contributed by atoms with Gasteiger partial charge in [0.2, 0.25) is 0 Å². The Labute approximate surface area is 107 Å². The van der Waals surface area contributed by atoms with Crippen molar-refractivity contribution in [2.24, 2.45) is 11.7 Å². The van der Waals surface area contributed by atoms with Crippen LogP contribution in [0.3, 0.4) is 0 Å². The molecule has 0 spiro atoms. The molecule has 4 heteroatoms. The van der Waals surface area contributed by atoms with Gasteiger partial charge in [-0.2, -0.15) is 0 Å². The number of hydrogen-bond donors (Lipinski definition) is 1. The highest BCUT2D eigenvalue weighted by Crippen LogP contribution is 2.31. The summed E-state index contributed by atoms with van der Waals surface area (Å²) in [4.78, 5) is 2.15. The average Bonchev–Trinajstić information content (AvgIpc) is 2.22. The molecule has 1 aromatic carbocycles. The van der Waals surface area contributed by atoms with Gasteiger partial charge in [-0.05, 0) is 44.3 Å². The molecule has 1 aromatic rings. The summed E-state index contributed by atoms with van der Waals surface area (Å²) in [5, 5.41) is 1.18. The minimum Gasteiger partial charge on any atom is -0.330 e. The SMILES string of the molecule is CC(CN)C(c1ccc(Cl)c(Cl)c1)N(C)C. The molecule has 0 amide bonds. The topological polar surface area (TPSA) is 29.3 Å². The molecule has 2 atom stereocenters. The number of rotatable bonds is 4. The molecule has 0 bridgehead atoms. The third kappa shape index (κ3) is 3.11. The van der Waals surface area contributed by atoms with Crippen molar-refractivity contribution in [2.45, 2.75) is 13.0 Å². The second kappa shape index (κ2) is 5.87. The lowest BCUT2D eigenvalue weighted by molar-refractivity contribution is 0.227. The summed E-state index contributed by atoms with van der Waals surface area (Å²) in [5.74, 6) is 0.368. The van der Waals surface area contributed by atoms with Gasteiger partial charge in [0.15, 0.2) is 0 Å². The third-order valence-electron chi connectivity index (χ3n) is 2.75. The zero-order chi connectivity index (χ0) is 12.3. The molecule has 0 radical (unpaired) electrons. The molecule has 0 aliphatic heterocycles. The van der Waals surface area contributed by atoms with Crippen LogP contribution in [0.2, 0.25) is 10.0 Å². The minimum atomic E-state index is 0.264. The van der Waals surface area contributed by atoms with E-state index in [9.17, 15) is 0 Å². The highest BCUT2D eigenvalue weighted by molar-refractivity contribution is 6.42. The van der Waals surface area contributed by atoms with Crippen LogP contribution < -0.4 is 5.73 Å². The Bertz CT molecular complexity index is 353. The van der Waals surface area contributed by atoms with Crippen LogP contribution in [-0.2, 0) is 0 Å². The predicted octanol–water partition coefficient (Wildman–Crippen LogP) is 3.19. The van der Waals surface area contributed by atoms with Gasteiger partial charge in [0.1, 0.15) is 0 Å². The second-order valence-electron chi connectivity index (χ2n) is 4.29. The van der Waals surface area contributed by atoms with Crippen LogP contribution in [0.15, 0.2) is 18.2 Å². The van der Waals surface area contributed by atoms with Crippen LogP contribution in [0.5, 0.6) is 0 Å². The van der Waals surface area contributed by atoms with Crippen LogP contribution >= 0.6 is 23.2 Å². The van der Waals surface area contributed by atoms with Crippen molar-refractivity contribution in [3.8, 4) is 0 Å². The van der Waals surface area contributed by atoms with Crippen molar-refractivity contribution >= 4 is 23.2 Å². The molecule has 0 heterocycles. The van der Waals surface area contributed by atoms with Gasteiger partial charge in [-0.1, -0.05) is 36.2 Å². The largest absolute Gasteiger partial charge is 0.330 e. The molecule has 0 saturated carbocycles. The first-order chi connectivity index (χ1) is 7.47.